The van der Waals surface area contributed by atoms with Crippen molar-refractivity contribution < 1.29 is 17.5 Å². The highest BCUT2D eigenvalue weighted by molar-refractivity contribution is 8.21. The molecule has 0 aliphatic rings. The highest BCUT2D eigenvalue weighted by Crippen LogP contribution is 2.46. The Balaban J connectivity index is 2.78. The first-order valence-electron chi connectivity index (χ1n) is 4.62. The molecular weight excluding hydrogens is 250 g/mol. The summed E-state index contributed by atoms with van der Waals surface area (Å²) in [5, 5.41) is 14.7. The number of nitro groups is 1. The predicted molar refractivity (Wildman–Crippen MR) is 62.2 cm³/mol. The third kappa shape index (κ3) is 3.40. The number of hydrogen-bond donors (Lipinski definition) is 0. The first-order valence-corrected chi connectivity index (χ1v) is 6.44. The van der Waals surface area contributed by atoms with Gasteiger partial charge in [-0.3, -0.25) is 27.3 Å². The average molecular weight is 265 g/mol. The summed E-state index contributed by atoms with van der Waals surface area (Å²) < 4.78 is 16.8. The summed E-state index contributed by atoms with van der Waals surface area (Å²) in [6.45, 7) is -0.0370. The van der Waals surface area contributed by atoms with E-state index in [1.807, 2.05) is 0 Å². The van der Waals surface area contributed by atoms with E-state index in [4.69, 9.17) is 12.5 Å². The molecule has 1 aromatic rings. The molecule has 0 unspecified atom stereocenters. The van der Waals surface area contributed by atoms with Crippen LogP contribution in [0.1, 0.15) is 5.69 Å². The van der Waals surface area contributed by atoms with Gasteiger partial charge in [0.15, 0.2) is 5.69 Å². The number of aryl methyl sites for hydroxylation is 1. The molecule has 1 rings (SSSR count). The normalized spacial score (nSPS) is 12.7. The topological polar surface area (TPSA) is 88.7 Å². The lowest BCUT2D eigenvalue weighted by Gasteiger charge is -2.29. The van der Waals surface area contributed by atoms with E-state index in [1.54, 1.807) is 13.3 Å². The second-order valence-corrected chi connectivity index (χ2v) is 5.50. The van der Waals surface area contributed by atoms with Gasteiger partial charge in [0.05, 0.1) is 30.0 Å². The molecule has 0 saturated carbocycles. The lowest BCUT2D eigenvalue weighted by molar-refractivity contribution is -0.385. The first-order chi connectivity index (χ1) is 7.91. The second-order valence-electron chi connectivity index (χ2n) is 3.19. The largest absolute Gasteiger partial charge is 0.312 e. The maximum atomic E-state index is 10.7. The molecule has 0 aliphatic heterocycles. The Bertz CT molecular complexity index is 404. The summed E-state index contributed by atoms with van der Waals surface area (Å²) in [6, 6.07) is 0. The number of hydrogen-bond acceptors (Lipinski definition) is 6. The van der Waals surface area contributed by atoms with Gasteiger partial charge in [0.2, 0.25) is 0 Å². The zero-order valence-corrected chi connectivity index (χ0v) is 10.9. The van der Waals surface area contributed by atoms with Crippen molar-refractivity contribution in [1.29, 1.82) is 0 Å². The van der Waals surface area contributed by atoms with Crippen molar-refractivity contribution in [1.82, 2.24) is 9.78 Å². The van der Waals surface area contributed by atoms with Crippen LogP contribution in [-0.2, 0) is 26.2 Å². The molecule has 0 amide bonds. The van der Waals surface area contributed by atoms with Gasteiger partial charge in [0, 0.05) is 13.3 Å². The molecule has 0 saturated heterocycles. The third-order valence-corrected chi connectivity index (χ3v) is 3.85. The molecule has 17 heavy (non-hydrogen) atoms. The number of nitrogens with zero attached hydrogens (tertiary/aromatic N) is 3. The van der Waals surface area contributed by atoms with Crippen LogP contribution in [0.4, 0.5) is 5.69 Å². The Morgan fingerprint density at radius 2 is 2.12 bits per heavy atom. The molecular formula is C8H15N3O5S. The summed E-state index contributed by atoms with van der Waals surface area (Å²) in [5.74, 6) is 0. The molecule has 9 heteroatoms. The van der Waals surface area contributed by atoms with Crippen molar-refractivity contribution in [3.8, 4) is 0 Å². The van der Waals surface area contributed by atoms with Crippen LogP contribution in [0.2, 0.25) is 0 Å². The minimum Gasteiger partial charge on any atom is -0.296 e. The number of aromatic nitrogens is 2. The smallest absolute Gasteiger partial charge is 0.296 e. The zero-order chi connectivity index (χ0) is 13.1. The predicted octanol–water partition coefficient (Wildman–Crippen LogP) is 1.32. The van der Waals surface area contributed by atoms with Crippen LogP contribution in [0.15, 0.2) is 6.20 Å². The highest BCUT2D eigenvalue weighted by Gasteiger charge is 2.23. The molecule has 0 atom stereocenters. The van der Waals surface area contributed by atoms with E-state index in [9.17, 15) is 10.1 Å². The van der Waals surface area contributed by atoms with E-state index >= 15 is 0 Å². The van der Waals surface area contributed by atoms with Crippen LogP contribution >= 0.6 is 10.9 Å². The molecule has 0 radical (unpaired) electrons. The van der Waals surface area contributed by atoms with E-state index in [0.29, 0.717) is 0 Å². The molecule has 0 fully saturated rings. The Hall–Kier alpha value is -1.16. The van der Waals surface area contributed by atoms with E-state index in [2.05, 4.69) is 5.10 Å². The van der Waals surface area contributed by atoms with E-state index in [0.717, 1.165) is 0 Å². The molecule has 0 bridgehead atoms. The first kappa shape index (κ1) is 13.9. The van der Waals surface area contributed by atoms with Crippen molar-refractivity contribution in [3.05, 3.63) is 22.0 Å². The highest BCUT2D eigenvalue weighted by atomic mass is 32.3. The Labute approximate surface area is 101 Å². The molecule has 0 N–H and O–H groups in total. The van der Waals surface area contributed by atoms with Gasteiger partial charge >= 0.3 is 5.69 Å². The van der Waals surface area contributed by atoms with Gasteiger partial charge in [-0.15, -0.1) is 0 Å². The summed E-state index contributed by atoms with van der Waals surface area (Å²) in [7, 11) is 2.39. The van der Waals surface area contributed by atoms with E-state index in [-0.39, 0.29) is 18.0 Å². The Kier molecular flexibility index (Phi) is 4.46. The fraction of sp³-hybridized carbons (Fsp3) is 0.625. The van der Waals surface area contributed by atoms with Gasteiger partial charge in [0.1, 0.15) is 12.8 Å². The molecule has 1 heterocycles. The third-order valence-electron chi connectivity index (χ3n) is 2.10. The minimum atomic E-state index is -2.12. The quantitative estimate of drug-likeness (QED) is 0.569. The number of rotatable bonds is 6. The van der Waals surface area contributed by atoms with Crippen LogP contribution < -0.4 is 0 Å². The standard InChI is InChI=1S/C8H15N3O5S/c1-10-5-8(11(12)13)7(9-10)6-16-17(4,14-2)15-3/h5H,6H2,1-4H3. The molecule has 1 aromatic heterocycles. The fourth-order valence-electron chi connectivity index (χ4n) is 1.10. The van der Waals surface area contributed by atoms with Crippen LogP contribution in [0, 0.1) is 10.1 Å². The maximum absolute atomic E-state index is 10.7. The van der Waals surface area contributed by atoms with Gasteiger partial charge < -0.3 is 0 Å². The monoisotopic (exact) mass is 265 g/mol. The fourth-order valence-corrected chi connectivity index (χ4v) is 1.76. The second kappa shape index (κ2) is 5.45. The van der Waals surface area contributed by atoms with E-state index in [1.165, 1.54) is 25.1 Å². The molecule has 0 aromatic carbocycles. The van der Waals surface area contributed by atoms with Gasteiger partial charge in [-0.2, -0.15) is 5.10 Å². The molecule has 0 aliphatic carbocycles. The summed E-state index contributed by atoms with van der Waals surface area (Å²) in [4.78, 5) is 10.2. The van der Waals surface area contributed by atoms with Gasteiger partial charge in [-0.25, -0.2) is 0 Å². The lowest BCUT2D eigenvalue weighted by atomic mass is 10.4. The summed E-state index contributed by atoms with van der Waals surface area (Å²) in [6.07, 6.45) is 2.97. The maximum Gasteiger partial charge on any atom is 0.312 e. The van der Waals surface area contributed by atoms with Crippen LogP contribution in [0.5, 0.6) is 0 Å². The molecule has 0 spiro atoms. The Morgan fingerprint density at radius 1 is 1.53 bits per heavy atom. The van der Waals surface area contributed by atoms with Crippen molar-refractivity contribution >= 4 is 16.6 Å². The van der Waals surface area contributed by atoms with Crippen LogP contribution in [-0.4, -0.2) is 35.2 Å². The van der Waals surface area contributed by atoms with Crippen molar-refractivity contribution in [3.63, 3.8) is 0 Å². The van der Waals surface area contributed by atoms with Crippen LogP contribution in [0.25, 0.3) is 0 Å². The lowest BCUT2D eigenvalue weighted by Crippen LogP contribution is -2.08. The van der Waals surface area contributed by atoms with Crippen molar-refractivity contribution in [2.75, 3.05) is 20.5 Å². The zero-order valence-electron chi connectivity index (χ0n) is 10.1. The van der Waals surface area contributed by atoms with Crippen molar-refractivity contribution in [2.24, 2.45) is 7.05 Å². The van der Waals surface area contributed by atoms with Gasteiger partial charge in [-0.05, 0) is 0 Å². The molecule has 8 nitrogen and oxygen atoms in total. The van der Waals surface area contributed by atoms with Gasteiger partial charge in [0.25, 0.3) is 0 Å². The molecule has 98 valence electrons. The van der Waals surface area contributed by atoms with Crippen LogP contribution in [0.3, 0.4) is 0 Å². The Morgan fingerprint density at radius 3 is 2.59 bits per heavy atom. The summed E-state index contributed by atoms with van der Waals surface area (Å²) in [5.41, 5.74) is 0.159. The SMILES string of the molecule is COS(C)(OC)OCc1nn(C)cc1[N+](=O)[O-]. The summed E-state index contributed by atoms with van der Waals surface area (Å²) >= 11 is 0. The van der Waals surface area contributed by atoms with Gasteiger partial charge in [-0.1, -0.05) is 0 Å². The minimum absolute atomic E-state index is 0.0370. The van der Waals surface area contributed by atoms with Crippen molar-refractivity contribution in [2.45, 2.75) is 6.61 Å². The average Bonchev–Trinajstić information content (AvgIpc) is 2.68. The van der Waals surface area contributed by atoms with E-state index < -0.39 is 15.8 Å².